The Morgan fingerprint density at radius 3 is 2.67 bits per heavy atom. The number of nitrogens with one attached hydrogen (secondary N) is 1. The highest BCUT2D eigenvalue weighted by molar-refractivity contribution is 5.49. The highest BCUT2D eigenvalue weighted by Crippen LogP contribution is 2.33. The molecule has 2 unspecified atom stereocenters. The highest BCUT2D eigenvalue weighted by atomic mass is 16.5. The van der Waals surface area contributed by atoms with E-state index >= 15 is 0 Å². The molecule has 1 heterocycles. The maximum absolute atomic E-state index is 5.90. The van der Waals surface area contributed by atoms with Crippen molar-refractivity contribution in [2.24, 2.45) is 0 Å². The SMILES string of the molecule is CC(C)(C)NCc1ccc(N2CCOC3CCCC32)cc1. The molecule has 0 aromatic heterocycles. The van der Waals surface area contributed by atoms with Gasteiger partial charge in [-0.25, -0.2) is 0 Å². The maximum Gasteiger partial charge on any atom is 0.0779 e. The third-order valence-corrected chi connectivity index (χ3v) is 4.57. The van der Waals surface area contributed by atoms with Crippen LogP contribution in [0.2, 0.25) is 0 Å². The first-order chi connectivity index (χ1) is 10.0. The molecule has 0 radical (unpaired) electrons. The van der Waals surface area contributed by atoms with E-state index in [1.165, 1.54) is 30.5 Å². The molecule has 1 aromatic carbocycles. The first-order valence-corrected chi connectivity index (χ1v) is 8.25. The Labute approximate surface area is 128 Å². The standard InChI is InChI=1S/C18H28N2O/c1-18(2,3)19-13-14-7-9-15(10-8-14)20-11-12-21-17-6-4-5-16(17)20/h7-10,16-17,19H,4-6,11-13H2,1-3H3. The number of hydrogen-bond acceptors (Lipinski definition) is 3. The smallest absolute Gasteiger partial charge is 0.0779 e. The van der Waals surface area contributed by atoms with Crippen molar-refractivity contribution in [1.82, 2.24) is 5.32 Å². The lowest BCUT2D eigenvalue weighted by Crippen LogP contribution is -2.48. The van der Waals surface area contributed by atoms with Crippen LogP contribution in [-0.2, 0) is 11.3 Å². The van der Waals surface area contributed by atoms with Gasteiger partial charge in [-0.1, -0.05) is 12.1 Å². The van der Waals surface area contributed by atoms with E-state index in [0.717, 1.165) is 19.7 Å². The first kappa shape index (κ1) is 14.9. The van der Waals surface area contributed by atoms with Crippen molar-refractivity contribution in [3.63, 3.8) is 0 Å². The lowest BCUT2D eigenvalue weighted by atomic mass is 10.1. The zero-order valence-electron chi connectivity index (χ0n) is 13.6. The molecule has 3 rings (SSSR count). The molecule has 3 heteroatoms. The average molecular weight is 288 g/mol. The van der Waals surface area contributed by atoms with E-state index in [1.807, 2.05) is 0 Å². The van der Waals surface area contributed by atoms with E-state index in [-0.39, 0.29) is 5.54 Å². The third-order valence-electron chi connectivity index (χ3n) is 4.57. The molecule has 0 amide bonds. The molecule has 2 atom stereocenters. The summed E-state index contributed by atoms with van der Waals surface area (Å²) in [6, 6.07) is 9.67. The van der Waals surface area contributed by atoms with Gasteiger partial charge < -0.3 is 15.0 Å². The van der Waals surface area contributed by atoms with Gasteiger partial charge in [-0.2, -0.15) is 0 Å². The summed E-state index contributed by atoms with van der Waals surface area (Å²) in [5.41, 5.74) is 2.87. The number of ether oxygens (including phenoxy) is 1. The van der Waals surface area contributed by atoms with Gasteiger partial charge in [-0.3, -0.25) is 0 Å². The first-order valence-electron chi connectivity index (χ1n) is 8.25. The number of fused-ring (bicyclic) bond motifs is 1. The second-order valence-electron chi connectivity index (χ2n) is 7.37. The Bertz CT molecular complexity index is 463. The highest BCUT2D eigenvalue weighted by Gasteiger charge is 2.35. The Kier molecular flexibility index (Phi) is 4.23. The minimum Gasteiger partial charge on any atom is -0.374 e. The van der Waals surface area contributed by atoms with E-state index < -0.39 is 0 Å². The molecule has 2 aliphatic rings. The number of rotatable bonds is 3. The average Bonchev–Trinajstić information content (AvgIpc) is 2.93. The van der Waals surface area contributed by atoms with Gasteiger partial charge in [0.2, 0.25) is 0 Å². The zero-order valence-corrected chi connectivity index (χ0v) is 13.6. The van der Waals surface area contributed by atoms with Gasteiger partial charge in [0.15, 0.2) is 0 Å². The lowest BCUT2D eigenvalue weighted by Gasteiger charge is -2.39. The van der Waals surface area contributed by atoms with Crippen LogP contribution >= 0.6 is 0 Å². The molecule has 116 valence electrons. The molecular weight excluding hydrogens is 260 g/mol. The largest absolute Gasteiger partial charge is 0.374 e. The summed E-state index contributed by atoms with van der Waals surface area (Å²) in [5.74, 6) is 0. The minimum atomic E-state index is 0.167. The van der Waals surface area contributed by atoms with E-state index in [9.17, 15) is 0 Å². The second-order valence-corrected chi connectivity index (χ2v) is 7.37. The van der Waals surface area contributed by atoms with Crippen molar-refractivity contribution in [2.45, 2.75) is 64.3 Å². The van der Waals surface area contributed by atoms with Crippen molar-refractivity contribution >= 4 is 5.69 Å². The molecule has 2 fully saturated rings. The van der Waals surface area contributed by atoms with Crippen LogP contribution in [0.5, 0.6) is 0 Å². The summed E-state index contributed by atoms with van der Waals surface area (Å²) in [6.45, 7) is 9.44. The molecule has 0 spiro atoms. The van der Waals surface area contributed by atoms with Crippen LogP contribution in [0.15, 0.2) is 24.3 Å². The van der Waals surface area contributed by atoms with Crippen molar-refractivity contribution in [2.75, 3.05) is 18.1 Å². The Hall–Kier alpha value is -1.06. The second kappa shape index (κ2) is 5.98. The van der Waals surface area contributed by atoms with Gasteiger partial charge in [0.05, 0.1) is 18.8 Å². The van der Waals surface area contributed by atoms with Crippen LogP contribution in [0, 0.1) is 0 Å². The van der Waals surface area contributed by atoms with Crippen LogP contribution in [0.25, 0.3) is 0 Å². The fourth-order valence-electron chi connectivity index (χ4n) is 3.42. The van der Waals surface area contributed by atoms with Gasteiger partial charge in [-0.15, -0.1) is 0 Å². The Balaban J connectivity index is 1.66. The molecule has 0 bridgehead atoms. The van der Waals surface area contributed by atoms with E-state index in [0.29, 0.717) is 12.1 Å². The summed E-state index contributed by atoms with van der Waals surface area (Å²) in [6.07, 6.45) is 4.27. The molecule has 1 aromatic rings. The van der Waals surface area contributed by atoms with E-state index in [4.69, 9.17) is 4.74 Å². The molecule has 1 N–H and O–H groups in total. The van der Waals surface area contributed by atoms with Crippen LogP contribution in [0.4, 0.5) is 5.69 Å². The third kappa shape index (κ3) is 3.58. The number of nitrogens with zero attached hydrogens (tertiary/aromatic N) is 1. The van der Waals surface area contributed by atoms with Crippen molar-refractivity contribution in [3.05, 3.63) is 29.8 Å². The summed E-state index contributed by atoms with van der Waals surface area (Å²) >= 11 is 0. The summed E-state index contributed by atoms with van der Waals surface area (Å²) in [4.78, 5) is 2.56. The van der Waals surface area contributed by atoms with Crippen molar-refractivity contribution < 1.29 is 4.74 Å². The van der Waals surface area contributed by atoms with Crippen LogP contribution in [0.1, 0.15) is 45.6 Å². The van der Waals surface area contributed by atoms with Crippen molar-refractivity contribution in [3.8, 4) is 0 Å². The van der Waals surface area contributed by atoms with Gasteiger partial charge in [-0.05, 0) is 57.7 Å². The predicted octanol–water partition coefficient (Wildman–Crippen LogP) is 3.33. The summed E-state index contributed by atoms with van der Waals surface area (Å²) < 4.78 is 5.90. The lowest BCUT2D eigenvalue weighted by molar-refractivity contribution is 0.0256. The van der Waals surface area contributed by atoms with E-state index in [1.54, 1.807) is 0 Å². The zero-order chi connectivity index (χ0) is 14.9. The van der Waals surface area contributed by atoms with Gasteiger partial charge in [0.1, 0.15) is 0 Å². The fraction of sp³-hybridized carbons (Fsp3) is 0.667. The van der Waals surface area contributed by atoms with Crippen LogP contribution in [-0.4, -0.2) is 30.8 Å². The summed E-state index contributed by atoms with van der Waals surface area (Å²) in [5, 5.41) is 3.54. The van der Waals surface area contributed by atoms with Gasteiger partial charge >= 0.3 is 0 Å². The number of hydrogen-bond donors (Lipinski definition) is 1. The Morgan fingerprint density at radius 1 is 1.19 bits per heavy atom. The molecule has 1 aliphatic carbocycles. The Morgan fingerprint density at radius 2 is 1.95 bits per heavy atom. The molecule has 3 nitrogen and oxygen atoms in total. The summed E-state index contributed by atoms with van der Waals surface area (Å²) in [7, 11) is 0. The topological polar surface area (TPSA) is 24.5 Å². The van der Waals surface area contributed by atoms with Crippen LogP contribution < -0.4 is 10.2 Å². The fourth-order valence-corrected chi connectivity index (χ4v) is 3.42. The van der Waals surface area contributed by atoms with Gasteiger partial charge in [0, 0.05) is 24.3 Å². The molecule has 1 saturated carbocycles. The maximum atomic E-state index is 5.90. The number of morpholine rings is 1. The molecular formula is C18H28N2O. The number of anilines is 1. The molecule has 1 aliphatic heterocycles. The quantitative estimate of drug-likeness (QED) is 0.923. The minimum absolute atomic E-state index is 0.167. The molecule has 1 saturated heterocycles. The normalized spacial score (nSPS) is 26.0. The number of benzene rings is 1. The van der Waals surface area contributed by atoms with Gasteiger partial charge in [0.25, 0.3) is 0 Å². The predicted molar refractivity (Wildman–Crippen MR) is 87.8 cm³/mol. The monoisotopic (exact) mass is 288 g/mol. The van der Waals surface area contributed by atoms with E-state index in [2.05, 4.69) is 55.3 Å². The van der Waals surface area contributed by atoms with Crippen LogP contribution in [0.3, 0.4) is 0 Å². The molecule has 21 heavy (non-hydrogen) atoms. The van der Waals surface area contributed by atoms with Crippen molar-refractivity contribution in [1.29, 1.82) is 0 Å².